The number of allylic oxidation sites excluding steroid dienone is 2. The summed E-state index contributed by atoms with van der Waals surface area (Å²) in [5, 5.41) is 0. The van der Waals surface area contributed by atoms with Gasteiger partial charge >= 0.3 is 5.97 Å². The molecule has 0 heterocycles. The van der Waals surface area contributed by atoms with Crippen molar-refractivity contribution in [2.75, 3.05) is 6.61 Å². The van der Waals surface area contributed by atoms with Gasteiger partial charge in [-0.1, -0.05) is 264 Å². The monoisotopic (exact) mass is 731 g/mol. The second-order valence-corrected chi connectivity index (χ2v) is 16.8. The number of hydrogen-bond donors (Lipinski definition) is 0. The molecule has 0 bridgehead atoms. The lowest BCUT2D eigenvalue weighted by Gasteiger charge is -2.05. The van der Waals surface area contributed by atoms with E-state index < -0.39 is 0 Å². The lowest BCUT2D eigenvalue weighted by atomic mass is 10.0. The molecule has 310 valence electrons. The maximum Gasteiger partial charge on any atom is 0.305 e. The van der Waals surface area contributed by atoms with E-state index >= 15 is 0 Å². The topological polar surface area (TPSA) is 26.3 Å². The molecule has 0 atom stereocenters. The third-order valence-corrected chi connectivity index (χ3v) is 11.4. The first-order valence-electron chi connectivity index (χ1n) is 24.6. The highest BCUT2D eigenvalue weighted by atomic mass is 16.5. The fourth-order valence-electron chi connectivity index (χ4n) is 7.72. The fourth-order valence-corrected chi connectivity index (χ4v) is 7.72. The second-order valence-electron chi connectivity index (χ2n) is 16.8. The Morgan fingerprint density at radius 2 is 0.538 bits per heavy atom. The lowest BCUT2D eigenvalue weighted by Crippen LogP contribution is -2.05. The maximum atomic E-state index is 12.0. The molecule has 0 saturated heterocycles. The molecule has 52 heavy (non-hydrogen) atoms. The van der Waals surface area contributed by atoms with E-state index in [0.717, 1.165) is 19.3 Å². The van der Waals surface area contributed by atoms with E-state index in [4.69, 9.17) is 4.74 Å². The SMILES string of the molecule is CCCCCCCCCCCCCCCCCCCCCCCC/C=C\CCCCCCCC(=O)OCCCCCCCCCCCCCCCC. The number of hydrogen-bond acceptors (Lipinski definition) is 2. The third kappa shape index (κ3) is 47.2. The molecule has 0 spiro atoms. The van der Waals surface area contributed by atoms with Crippen molar-refractivity contribution < 1.29 is 9.53 Å². The Bertz CT molecular complexity index is 669. The van der Waals surface area contributed by atoms with Crippen LogP contribution >= 0.6 is 0 Å². The van der Waals surface area contributed by atoms with Crippen LogP contribution in [0.3, 0.4) is 0 Å². The number of carbonyl (C=O) groups is 1. The van der Waals surface area contributed by atoms with E-state index in [0.29, 0.717) is 13.0 Å². The standard InChI is InChI=1S/C50H98O2/c1-3-5-7-9-11-13-15-17-19-20-21-22-23-24-25-26-27-28-29-30-31-32-33-34-35-36-38-40-42-44-46-48-50(51)52-49-47-45-43-41-39-37-18-16-14-12-10-8-6-4-2/h34-35H,3-33,36-49H2,1-2H3/b35-34-. The van der Waals surface area contributed by atoms with Crippen molar-refractivity contribution in [2.45, 2.75) is 296 Å². The molecular weight excluding hydrogens is 633 g/mol. The summed E-state index contributed by atoms with van der Waals surface area (Å²) < 4.78 is 5.47. The molecule has 0 aromatic rings. The number of ether oxygens (including phenoxy) is 1. The summed E-state index contributed by atoms with van der Waals surface area (Å²) in [6.07, 6.45) is 64.9. The van der Waals surface area contributed by atoms with Gasteiger partial charge in [0.2, 0.25) is 0 Å². The van der Waals surface area contributed by atoms with Crippen molar-refractivity contribution >= 4 is 5.97 Å². The zero-order valence-corrected chi connectivity index (χ0v) is 36.3. The van der Waals surface area contributed by atoms with Gasteiger partial charge < -0.3 is 4.74 Å². The molecule has 0 N–H and O–H groups in total. The molecule has 2 nitrogen and oxygen atoms in total. The highest BCUT2D eigenvalue weighted by molar-refractivity contribution is 5.69. The van der Waals surface area contributed by atoms with Gasteiger partial charge in [0, 0.05) is 6.42 Å². The van der Waals surface area contributed by atoms with Crippen LogP contribution in [0.2, 0.25) is 0 Å². The van der Waals surface area contributed by atoms with Gasteiger partial charge in [-0.2, -0.15) is 0 Å². The van der Waals surface area contributed by atoms with Crippen LogP contribution in [0.15, 0.2) is 12.2 Å². The normalized spacial score (nSPS) is 11.7. The zero-order valence-electron chi connectivity index (χ0n) is 36.3. The first-order chi connectivity index (χ1) is 25.8. The molecule has 0 amide bonds. The van der Waals surface area contributed by atoms with Gasteiger partial charge in [0.05, 0.1) is 6.61 Å². The quantitative estimate of drug-likeness (QED) is 0.0354. The van der Waals surface area contributed by atoms with Gasteiger partial charge in [-0.3, -0.25) is 4.79 Å². The van der Waals surface area contributed by atoms with Crippen molar-refractivity contribution in [1.29, 1.82) is 0 Å². The van der Waals surface area contributed by atoms with Gasteiger partial charge in [-0.15, -0.1) is 0 Å². The molecule has 0 rings (SSSR count). The Balaban J connectivity index is 3.18. The number of carbonyl (C=O) groups excluding carboxylic acids is 1. The van der Waals surface area contributed by atoms with Crippen LogP contribution in [0.1, 0.15) is 296 Å². The number of esters is 1. The predicted octanol–water partition coefficient (Wildman–Crippen LogP) is 18.3. The molecule has 0 saturated carbocycles. The summed E-state index contributed by atoms with van der Waals surface area (Å²) >= 11 is 0. The highest BCUT2D eigenvalue weighted by Crippen LogP contribution is 2.17. The molecule has 2 heteroatoms. The van der Waals surface area contributed by atoms with Crippen molar-refractivity contribution in [3.8, 4) is 0 Å². The van der Waals surface area contributed by atoms with E-state index in [1.165, 1.54) is 257 Å². The van der Waals surface area contributed by atoms with Gasteiger partial charge in [0.15, 0.2) is 0 Å². The average Bonchev–Trinajstić information content (AvgIpc) is 3.15. The minimum atomic E-state index is 0.0213. The minimum absolute atomic E-state index is 0.0213. The van der Waals surface area contributed by atoms with E-state index in [-0.39, 0.29) is 5.97 Å². The second kappa shape index (κ2) is 48.2. The first kappa shape index (κ1) is 51.2. The Morgan fingerprint density at radius 3 is 0.827 bits per heavy atom. The molecular formula is C50H98O2. The number of unbranched alkanes of at least 4 members (excludes halogenated alkanes) is 40. The van der Waals surface area contributed by atoms with Crippen LogP contribution in [0.5, 0.6) is 0 Å². The molecule has 0 aliphatic heterocycles. The molecule has 0 radical (unpaired) electrons. The molecule has 0 aliphatic rings. The summed E-state index contributed by atoms with van der Waals surface area (Å²) in [7, 11) is 0. The van der Waals surface area contributed by atoms with E-state index in [1.54, 1.807) is 0 Å². The highest BCUT2D eigenvalue weighted by Gasteiger charge is 2.03. The van der Waals surface area contributed by atoms with Crippen molar-refractivity contribution in [2.24, 2.45) is 0 Å². The van der Waals surface area contributed by atoms with Crippen LogP contribution < -0.4 is 0 Å². The van der Waals surface area contributed by atoms with Gasteiger partial charge in [-0.05, 0) is 38.5 Å². The van der Waals surface area contributed by atoms with Gasteiger partial charge in [-0.25, -0.2) is 0 Å². The van der Waals surface area contributed by atoms with Crippen molar-refractivity contribution in [3.05, 3.63) is 12.2 Å². The van der Waals surface area contributed by atoms with Crippen LogP contribution in [0.4, 0.5) is 0 Å². The summed E-state index contributed by atoms with van der Waals surface area (Å²) in [5.41, 5.74) is 0. The number of rotatable bonds is 46. The largest absolute Gasteiger partial charge is 0.466 e. The van der Waals surface area contributed by atoms with Crippen LogP contribution in [-0.4, -0.2) is 12.6 Å². The van der Waals surface area contributed by atoms with Gasteiger partial charge in [0.1, 0.15) is 0 Å². The molecule has 0 unspecified atom stereocenters. The molecule has 0 aliphatic carbocycles. The summed E-state index contributed by atoms with van der Waals surface area (Å²) in [6, 6.07) is 0. The molecule has 0 fully saturated rings. The lowest BCUT2D eigenvalue weighted by molar-refractivity contribution is -0.143. The summed E-state index contributed by atoms with van der Waals surface area (Å²) in [4.78, 5) is 12.0. The first-order valence-corrected chi connectivity index (χ1v) is 24.6. The summed E-state index contributed by atoms with van der Waals surface area (Å²) in [6.45, 7) is 5.22. The maximum absolute atomic E-state index is 12.0. The predicted molar refractivity (Wildman–Crippen MR) is 235 cm³/mol. The Morgan fingerprint density at radius 1 is 0.308 bits per heavy atom. The van der Waals surface area contributed by atoms with E-state index in [9.17, 15) is 4.79 Å². The van der Waals surface area contributed by atoms with Crippen molar-refractivity contribution in [1.82, 2.24) is 0 Å². The fraction of sp³-hybridized carbons (Fsp3) is 0.940. The zero-order chi connectivity index (χ0) is 37.5. The van der Waals surface area contributed by atoms with Crippen molar-refractivity contribution in [3.63, 3.8) is 0 Å². The third-order valence-electron chi connectivity index (χ3n) is 11.4. The summed E-state index contributed by atoms with van der Waals surface area (Å²) in [5.74, 6) is 0.0213. The minimum Gasteiger partial charge on any atom is -0.466 e. The molecule has 0 aromatic heterocycles. The van der Waals surface area contributed by atoms with Crippen LogP contribution in [0.25, 0.3) is 0 Å². The van der Waals surface area contributed by atoms with E-state index in [2.05, 4.69) is 26.0 Å². The van der Waals surface area contributed by atoms with E-state index in [1.807, 2.05) is 0 Å². The Hall–Kier alpha value is -0.790. The Kier molecular flexibility index (Phi) is 47.5. The Labute approximate surface area is 329 Å². The van der Waals surface area contributed by atoms with Crippen LogP contribution in [0, 0.1) is 0 Å². The van der Waals surface area contributed by atoms with Gasteiger partial charge in [0.25, 0.3) is 0 Å². The average molecular weight is 731 g/mol. The molecule has 0 aromatic carbocycles. The van der Waals surface area contributed by atoms with Crippen LogP contribution in [-0.2, 0) is 9.53 Å². The smallest absolute Gasteiger partial charge is 0.305 e.